The second-order valence-electron chi connectivity index (χ2n) is 14.4. The lowest BCUT2D eigenvalue weighted by Crippen LogP contribution is -2.49. The highest BCUT2D eigenvalue weighted by Crippen LogP contribution is 2.33. The summed E-state index contributed by atoms with van der Waals surface area (Å²) in [6.07, 6.45) is 12.8. The number of aryl methyl sites for hydroxylation is 2. The van der Waals surface area contributed by atoms with Gasteiger partial charge in [-0.3, -0.25) is 4.79 Å². The van der Waals surface area contributed by atoms with Crippen LogP contribution in [0.5, 0.6) is 5.88 Å². The number of hydrogen-bond donors (Lipinski definition) is 1. The third-order valence-electron chi connectivity index (χ3n) is 9.18. The predicted molar refractivity (Wildman–Crippen MR) is 201 cm³/mol. The molecule has 4 heterocycles. The molecule has 2 aromatic heterocycles. The molecule has 266 valence electrons. The lowest BCUT2D eigenvalue weighted by atomic mass is 9.97. The molecule has 2 aliphatic heterocycles. The zero-order valence-electron chi connectivity index (χ0n) is 30.9. The van der Waals surface area contributed by atoms with Crippen molar-refractivity contribution < 1.29 is 19.1 Å². The Bertz CT molecular complexity index is 1850. The monoisotopic (exact) mass is 680 g/mol. The largest absolute Gasteiger partial charge is 0.481 e. The molecule has 50 heavy (non-hydrogen) atoms. The first-order valence-corrected chi connectivity index (χ1v) is 17.5. The Balaban J connectivity index is 1.49. The number of hydrogen-bond acceptors (Lipinski definition) is 7. The summed E-state index contributed by atoms with van der Waals surface area (Å²) in [4.78, 5) is 39.6. The van der Waals surface area contributed by atoms with E-state index < -0.39 is 5.60 Å². The van der Waals surface area contributed by atoms with Crippen LogP contribution in [0.15, 0.2) is 59.5 Å². The number of carbonyl (C=O) groups is 2. The quantitative estimate of drug-likeness (QED) is 0.165. The molecule has 1 aromatic carbocycles. The normalized spacial score (nSPS) is 17.0. The van der Waals surface area contributed by atoms with Crippen molar-refractivity contribution in [1.29, 1.82) is 0 Å². The van der Waals surface area contributed by atoms with E-state index >= 15 is 0 Å². The second-order valence-corrected chi connectivity index (χ2v) is 14.4. The van der Waals surface area contributed by atoms with E-state index in [1.807, 2.05) is 52.8 Å². The average molecular weight is 681 g/mol. The van der Waals surface area contributed by atoms with Gasteiger partial charge in [0.1, 0.15) is 11.4 Å². The molecular formula is C40H52N6O4. The first kappa shape index (κ1) is 36.4. The maximum absolute atomic E-state index is 14.2. The third-order valence-corrected chi connectivity index (χ3v) is 9.18. The van der Waals surface area contributed by atoms with Gasteiger partial charge in [-0.1, -0.05) is 18.2 Å². The van der Waals surface area contributed by atoms with Crippen molar-refractivity contribution in [3.8, 4) is 5.88 Å². The van der Waals surface area contributed by atoms with Crippen LogP contribution < -0.4 is 10.1 Å². The minimum atomic E-state index is -0.535. The average Bonchev–Trinajstić information content (AvgIpc) is 3.45. The Labute approximate surface area is 296 Å². The topological polar surface area (TPSA) is 101 Å². The molecule has 0 spiro atoms. The molecular weight excluding hydrogens is 628 g/mol. The van der Waals surface area contributed by atoms with Crippen LogP contribution in [0.2, 0.25) is 0 Å². The van der Waals surface area contributed by atoms with E-state index in [0.29, 0.717) is 44.2 Å². The minimum Gasteiger partial charge on any atom is -0.481 e. The number of fused-ring (bicyclic) bond motifs is 1. The highest BCUT2D eigenvalue weighted by atomic mass is 16.6. The van der Waals surface area contributed by atoms with Gasteiger partial charge in [-0.25, -0.2) is 14.8 Å². The Morgan fingerprint density at radius 1 is 1.06 bits per heavy atom. The van der Waals surface area contributed by atoms with Crippen molar-refractivity contribution in [2.45, 2.75) is 85.9 Å². The van der Waals surface area contributed by atoms with Crippen LogP contribution >= 0.6 is 0 Å². The number of methoxy groups -OCH3 is 1. The highest BCUT2D eigenvalue weighted by molar-refractivity contribution is 6.09. The molecule has 0 radical (unpaired) electrons. The molecule has 10 nitrogen and oxygen atoms in total. The van der Waals surface area contributed by atoms with Gasteiger partial charge in [-0.2, -0.15) is 0 Å². The second kappa shape index (κ2) is 15.4. The highest BCUT2D eigenvalue weighted by Gasteiger charge is 2.27. The number of piperazine rings is 1. The standard InChI is InChI=1S/C40H52N6O4/c1-26(2)46-25-30-14-12-10-11-13-29-21-28(4)43-38(49-9)33(29)24-42-37(47)32-22-31(23-34(46)36(30)32)27(3)15-16-35(41-8)44-17-19-45(20-18-44)39(48)50-40(5,6)7/h10,12,15-16,21-23,25-26H,8,11,13-14,17-20,24H2,1-7,9H3,(H,42,47)/b12-10+,27-15+,35-16+. The molecule has 0 unspecified atom stereocenters. The number of allylic oxidation sites excluding steroid dienone is 5. The van der Waals surface area contributed by atoms with E-state index in [9.17, 15) is 9.59 Å². The number of nitrogens with one attached hydrogen (secondary N) is 1. The number of aliphatic imine (C=N–C) groups is 1. The predicted octanol–water partition coefficient (Wildman–Crippen LogP) is 7.41. The van der Waals surface area contributed by atoms with Gasteiger partial charge in [0.25, 0.3) is 5.91 Å². The summed E-state index contributed by atoms with van der Waals surface area (Å²) in [5.41, 5.74) is 7.10. The first-order valence-electron chi connectivity index (χ1n) is 17.5. The van der Waals surface area contributed by atoms with Crippen molar-refractivity contribution >= 4 is 35.2 Å². The molecule has 0 bridgehead atoms. The lowest BCUT2D eigenvalue weighted by molar-refractivity contribution is 0.0168. The van der Waals surface area contributed by atoms with Crippen LogP contribution in [-0.2, 0) is 24.1 Å². The van der Waals surface area contributed by atoms with Crippen molar-refractivity contribution in [3.63, 3.8) is 0 Å². The Hall–Kier alpha value is -4.86. The Morgan fingerprint density at radius 3 is 2.44 bits per heavy atom. The van der Waals surface area contributed by atoms with E-state index in [1.165, 1.54) is 0 Å². The molecule has 0 aliphatic carbocycles. The molecule has 2 aliphatic rings. The number of carbonyl (C=O) groups excluding carboxylic acids is 2. The number of pyridine rings is 1. The van der Waals surface area contributed by atoms with Gasteiger partial charge in [0, 0.05) is 72.7 Å². The zero-order chi connectivity index (χ0) is 36.2. The summed E-state index contributed by atoms with van der Waals surface area (Å²) in [6, 6.07) is 6.47. The van der Waals surface area contributed by atoms with E-state index in [4.69, 9.17) is 9.47 Å². The van der Waals surface area contributed by atoms with Crippen LogP contribution in [-0.4, -0.2) is 77.0 Å². The van der Waals surface area contributed by atoms with Gasteiger partial charge in [0.15, 0.2) is 0 Å². The smallest absolute Gasteiger partial charge is 0.410 e. The van der Waals surface area contributed by atoms with Gasteiger partial charge in [-0.05, 0) is 121 Å². The summed E-state index contributed by atoms with van der Waals surface area (Å²) >= 11 is 0. The van der Waals surface area contributed by atoms with Gasteiger partial charge in [0.05, 0.1) is 7.11 Å². The Kier molecular flexibility index (Phi) is 11.2. The van der Waals surface area contributed by atoms with Crippen molar-refractivity contribution in [2.75, 3.05) is 33.3 Å². The first-order chi connectivity index (χ1) is 23.8. The molecule has 1 fully saturated rings. The van der Waals surface area contributed by atoms with Crippen LogP contribution in [0, 0.1) is 6.92 Å². The molecule has 5 rings (SSSR count). The number of nitrogens with zero attached hydrogens (tertiary/aromatic N) is 5. The van der Waals surface area contributed by atoms with Crippen molar-refractivity contribution in [3.05, 3.63) is 88.0 Å². The van der Waals surface area contributed by atoms with Gasteiger partial charge in [0.2, 0.25) is 5.88 Å². The van der Waals surface area contributed by atoms with Crippen LogP contribution in [0.1, 0.15) is 92.3 Å². The van der Waals surface area contributed by atoms with Crippen LogP contribution in [0.3, 0.4) is 0 Å². The van der Waals surface area contributed by atoms with Crippen molar-refractivity contribution in [2.24, 2.45) is 4.99 Å². The lowest BCUT2D eigenvalue weighted by Gasteiger charge is -2.36. The number of ether oxygens (including phenoxy) is 2. The van der Waals surface area contributed by atoms with Gasteiger partial charge >= 0.3 is 6.09 Å². The molecule has 1 saturated heterocycles. The number of amides is 2. The van der Waals surface area contributed by atoms with E-state index in [-0.39, 0.29) is 18.0 Å². The minimum absolute atomic E-state index is 0.143. The van der Waals surface area contributed by atoms with E-state index in [1.54, 1.807) is 12.0 Å². The fourth-order valence-corrected chi connectivity index (χ4v) is 6.61. The SMILES string of the molecule is C=N/C(=C\C=C(/C)c1cc2c3c(cn(C(C)C)c3c1)C/C=C/CCc1cc(C)nc(OC)c1CNC2=O)N1CCN(C(=O)OC(C)(C)C)CC1. The van der Waals surface area contributed by atoms with Crippen molar-refractivity contribution in [1.82, 2.24) is 24.7 Å². The number of rotatable bonds is 6. The van der Waals surface area contributed by atoms with Crippen LogP contribution in [0.25, 0.3) is 16.5 Å². The third kappa shape index (κ3) is 8.29. The summed E-state index contributed by atoms with van der Waals surface area (Å²) in [5, 5.41) is 4.19. The molecule has 2 amide bonds. The molecule has 3 aromatic rings. The maximum atomic E-state index is 14.2. The fourth-order valence-electron chi connectivity index (χ4n) is 6.61. The summed E-state index contributed by atoms with van der Waals surface area (Å²) in [7, 11) is 1.62. The molecule has 0 saturated carbocycles. The molecule has 1 N–H and O–H groups in total. The molecule has 10 heteroatoms. The number of aromatic nitrogens is 2. The summed E-state index contributed by atoms with van der Waals surface area (Å²) in [5.74, 6) is 1.14. The fraction of sp³-hybridized carbons (Fsp3) is 0.450. The summed E-state index contributed by atoms with van der Waals surface area (Å²) < 4.78 is 13.5. The Morgan fingerprint density at radius 2 is 1.78 bits per heavy atom. The van der Waals surface area contributed by atoms with Gasteiger partial charge in [-0.15, -0.1) is 0 Å². The van der Waals surface area contributed by atoms with Crippen LogP contribution in [0.4, 0.5) is 4.79 Å². The zero-order valence-corrected chi connectivity index (χ0v) is 30.9. The van der Waals surface area contributed by atoms with E-state index in [2.05, 4.69) is 75.8 Å². The number of benzene rings is 1. The molecule has 0 atom stereocenters. The summed E-state index contributed by atoms with van der Waals surface area (Å²) in [6.45, 7) is 20.4. The van der Waals surface area contributed by atoms with Gasteiger partial charge < -0.3 is 29.2 Å². The van der Waals surface area contributed by atoms with E-state index in [0.717, 1.165) is 69.5 Å². The maximum Gasteiger partial charge on any atom is 0.410 e.